The fourth-order valence-corrected chi connectivity index (χ4v) is 4.64. The van der Waals surface area contributed by atoms with Crippen molar-refractivity contribution in [3.63, 3.8) is 0 Å². The largest absolute Gasteiger partial charge is 0.0918 e. The van der Waals surface area contributed by atoms with E-state index in [0.29, 0.717) is 0 Å². The van der Waals surface area contributed by atoms with Crippen LogP contribution < -0.4 is 0 Å². The molecular weight excluding hydrogens is 432 g/mol. The van der Waals surface area contributed by atoms with E-state index in [2.05, 4.69) is 102 Å². The summed E-state index contributed by atoms with van der Waals surface area (Å²) in [6.45, 7) is 0. The van der Waals surface area contributed by atoms with Gasteiger partial charge in [-0.05, 0) is 29.7 Å². The van der Waals surface area contributed by atoms with E-state index in [9.17, 15) is 0 Å². The number of hydrogen-bond acceptors (Lipinski definition) is 0. The van der Waals surface area contributed by atoms with E-state index in [1.54, 1.807) is 0 Å². The van der Waals surface area contributed by atoms with Gasteiger partial charge in [0.1, 0.15) is 0 Å². The van der Waals surface area contributed by atoms with E-state index in [4.69, 9.17) is 0 Å². The van der Waals surface area contributed by atoms with Gasteiger partial charge in [-0.2, -0.15) is 0 Å². The van der Waals surface area contributed by atoms with E-state index in [1.807, 2.05) is 0 Å². The molecule has 0 saturated carbocycles. The molecule has 100 valence electrons. The first-order valence-corrected chi connectivity index (χ1v) is 9.16. The zero-order valence-electron chi connectivity index (χ0n) is 10.5. The topological polar surface area (TPSA) is 0 Å². The molecule has 0 nitrogen and oxygen atoms in total. The summed E-state index contributed by atoms with van der Waals surface area (Å²) in [5.41, 5.74) is 2.79. The molecule has 3 heteroatoms. The Hall–Kier alpha value is -0.120. The molecular formula is C16H15Br3. The van der Waals surface area contributed by atoms with Crippen LogP contribution in [0.5, 0.6) is 0 Å². The van der Waals surface area contributed by atoms with Crippen LogP contribution in [0.4, 0.5) is 0 Å². The van der Waals surface area contributed by atoms with Gasteiger partial charge in [-0.25, -0.2) is 0 Å². The lowest BCUT2D eigenvalue weighted by Gasteiger charge is -2.31. The molecule has 0 amide bonds. The van der Waals surface area contributed by atoms with Crippen molar-refractivity contribution in [1.29, 1.82) is 0 Å². The van der Waals surface area contributed by atoms with Crippen LogP contribution in [0.25, 0.3) is 0 Å². The monoisotopic (exact) mass is 444 g/mol. The van der Waals surface area contributed by atoms with Crippen molar-refractivity contribution in [3.05, 3.63) is 70.2 Å². The van der Waals surface area contributed by atoms with Gasteiger partial charge < -0.3 is 0 Å². The van der Waals surface area contributed by atoms with E-state index in [1.165, 1.54) is 11.1 Å². The standard InChI is InChI=1S/C16H15Br3/c17-11-16(12-18,14-6-2-1-3-7-14)10-13-5-4-8-15(19)9-13/h1-9H,10-12H2. The number of benzene rings is 2. The van der Waals surface area contributed by atoms with Crippen molar-refractivity contribution in [2.24, 2.45) is 0 Å². The molecule has 0 aliphatic heterocycles. The Balaban J connectivity index is 2.35. The lowest BCUT2D eigenvalue weighted by atomic mass is 9.79. The molecule has 0 heterocycles. The number of halogens is 3. The maximum Gasteiger partial charge on any atom is 0.0187 e. The highest BCUT2D eigenvalue weighted by Crippen LogP contribution is 2.33. The quantitative estimate of drug-likeness (QED) is 0.515. The van der Waals surface area contributed by atoms with Crippen LogP contribution in [0, 0.1) is 0 Å². The Morgan fingerprint density at radius 1 is 0.842 bits per heavy atom. The fraction of sp³-hybridized carbons (Fsp3) is 0.250. The summed E-state index contributed by atoms with van der Waals surface area (Å²) in [6.07, 6.45) is 1.01. The highest BCUT2D eigenvalue weighted by molar-refractivity contribution is 9.10. The Kier molecular flexibility index (Phi) is 5.67. The molecule has 0 radical (unpaired) electrons. The van der Waals surface area contributed by atoms with Crippen molar-refractivity contribution in [2.75, 3.05) is 10.7 Å². The van der Waals surface area contributed by atoms with Crippen LogP contribution in [-0.4, -0.2) is 10.7 Å². The average Bonchev–Trinajstić information content (AvgIpc) is 2.46. The first-order chi connectivity index (χ1) is 9.20. The first-order valence-electron chi connectivity index (χ1n) is 6.12. The molecule has 0 aliphatic carbocycles. The Labute approximate surface area is 140 Å². The molecule has 0 bridgehead atoms. The molecule has 2 aromatic carbocycles. The van der Waals surface area contributed by atoms with Crippen LogP contribution in [0.3, 0.4) is 0 Å². The smallest absolute Gasteiger partial charge is 0.0187 e. The summed E-state index contributed by atoms with van der Waals surface area (Å²) in [7, 11) is 0. The molecule has 0 spiro atoms. The maximum absolute atomic E-state index is 3.70. The molecule has 0 aliphatic rings. The van der Waals surface area contributed by atoms with E-state index < -0.39 is 0 Å². The van der Waals surface area contributed by atoms with E-state index >= 15 is 0 Å². The van der Waals surface area contributed by atoms with E-state index in [0.717, 1.165) is 21.6 Å². The van der Waals surface area contributed by atoms with Crippen molar-refractivity contribution in [1.82, 2.24) is 0 Å². The minimum atomic E-state index is 0.0854. The molecule has 0 atom stereocenters. The molecule has 2 rings (SSSR count). The fourth-order valence-electron chi connectivity index (χ4n) is 2.22. The number of alkyl halides is 2. The summed E-state index contributed by atoms with van der Waals surface area (Å²) >= 11 is 11.0. The third-order valence-corrected chi connectivity index (χ3v) is 5.97. The predicted octanol–water partition coefficient (Wildman–Crippen LogP) is 5.72. The lowest BCUT2D eigenvalue weighted by Crippen LogP contribution is -2.32. The second-order valence-electron chi connectivity index (χ2n) is 4.72. The van der Waals surface area contributed by atoms with Gasteiger partial charge in [0.2, 0.25) is 0 Å². The second-order valence-corrected chi connectivity index (χ2v) is 6.76. The summed E-state index contributed by atoms with van der Waals surface area (Å²) in [6, 6.07) is 19.2. The second kappa shape index (κ2) is 7.05. The third kappa shape index (κ3) is 3.71. The van der Waals surface area contributed by atoms with E-state index in [-0.39, 0.29) is 5.41 Å². The lowest BCUT2D eigenvalue weighted by molar-refractivity contribution is 0.551. The van der Waals surface area contributed by atoms with Crippen molar-refractivity contribution in [3.8, 4) is 0 Å². The van der Waals surface area contributed by atoms with Crippen molar-refractivity contribution in [2.45, 2.75) is 11.8 Å². The molecule has 0 fully saturated rings. The molecule has 2 aromatic rings. The third-order valence-electron chi connectivity index (χ3n) is 3.33. The van der Waals surface area contributed by atoms with Gasteiger partial charge in [0.15, 0.2) is 0 Å². The Bertz CT molecular complexity index is 519. The summed E-state index contributed by atoms with van der Waals surface area (Å²) in [4.78, 5) is 0. The van der Waals surface area contributed by atoms with Crippen LogP contribution in [0.2, 0.25) is 0 Å². The Morgan fingerprint density at radius 2 is 1.53 bits per heavy atom. The van der Waals surface area contributed by atoms with Crippen molar-refractivity contribution >= 4 is 47.8 Å². The normalized spacial score (nSPS) is 11.5. The van der Waals surface area contributed by atoms with Crippen LogP contribution in [0.1, 0.15) is 11.1 Å². The number of rotatable bonds is 5. The molecule has 0 unspecified atom stereocenters. The highest BCUT2D eigenvalue weighted by atomic mass is 79.9. The molecule has 0 saturated heterocycles. The van der Waals surface area contributed by atoms with Crippen LogP contribution >= 0.6 is 47.8 Å². The highest BCUT2D eigenvalue weighted by Gasteiger charge is 2.30. The summed E-state index contributed by atoms with van der Waals surface area (Å²) in [5, 5.41) is 1.86. The first kappa shape index (κ1) is 15.3. The van der Waals surface area contributed by atoms with Gasteiger partial charge in [-0.1, -0.05) is 90.3 Å². The van der Waals surface area contributed by atoms with Gasteiger partial charge in [0, 0.05) is 20.5 Å². The molecule has 19 heavy (non-hydrogen) atoms. The van der Waals surface area contributed by atoms with Gasteiger partial charge in [-0.3, -0.25) is 0 Å². The average molecular weight is 447 g/mol. The predicted molar refractivity (Wildman–Crippen MR) is 93.6 cm³/mol. The molecule has 0 aromatic heterocycles. The minimum Gasteiger partial charge on any atom is -0.0918 e. The maximum atomic E-state index is 3.70. The van der Waals surface area contributed by atoms with Crippen LogP contribution in [0.15, 0.2) is 59.1 Å². The zero-order valence-corrected chi connectivity index (χ0v) is 15.2. The summed E-state index contributed by atoms with van der Waals surface area (Å²) in [5.74, 6) is 0. The Morgan fingerprint density at radius 3 is 2.11 bits per heavy atom. The van der Waals surface area contributed by atoms with Gasteiger partial charge in [0.25, 0.3) is 0 Å². The zero-order chi connectivity index (χ0) is 13.7. The SMILES string of the molecule is BrCC(CBr)(Cc1cccc(Br)c1)c1ccccc1. The summed E-state index contributed by atoms with van der Waals surface area (Å²) < 4.78 is 1.14. The minimum absolute atomic E-state index is 0.0854. The van der Waals surface area contributed by atoms with Gasteiger partial charge in [0.05, 0.1) is 0 Å². The van der Waals surface area contributed by atoms with Gasteiger partial charge in [-0.15, -0.1) is 0 Å². The van der Waals surface area contributed by atoms with Crippen LogP contribution in [-0.2, 0) is 11.8 Å². The van der Waals surface area contributed by atoms with Crippen molar-refractivity contribution < 1.29 is 0 Å². The number of hydrogen-bond donors (Lipinski definition) is 0. The molecule has 0 N–H and O–H groups in total. The van der Waals surface area contributed by atoms with Gasteiger partial charge >= 0.3 is 0 Å².